The smallest absolute Gasteiger partial charge is 0.145 e. The predicted molar refractivity (Wildman–Crippen MR) is 51.2 cm³/mol. The SMILES string of the molecule is Cc1nc(NN)cc(NC2CC2)n1. The lowest BCUT2D eigenvalue weighted by Gasteiger charge is -2.06. The van der Waals surface area contributed by atoms with Crippen molar-refractivity contribution in [3.63, 3.8) is 0 Å². The molecule has 2 rings (SSSR count). The summed E-state index contributed by atoms with van der Waals surface area (Å²) in [6.07, 6.45) is 2.46. The number of aryl methyl sites for hydroxylation is 1. The summed E-state index contributed by atoms with van der Waals surface area (Å²) in [6.45, 7) is 1.85. The van der Waals surface area contributed by atoms with Crippen LogP contribution < -0.4 is 16.6 Å². The largest absolute Gasteiger partial charge is 0.367 e. The Hall–Kier alpha value is -1.36. The fourth-order valence-electron chi connectivity index (χ4n) is 1.15. The minimum Gasteiger partial charge on any atom is -0.367 e. The van der Waals surface area contributed by atoms with Crippen LogP contribution in [0.15, 0.2) is 6.07 Å². The van der Waals surface area contributed by atoms with Crippen molar-refractivity contribution in [2.75, 3.05) is 10.7 Å². The number of hydrogen-bond acceptors (Lipinski definition) is 5. The number of rotatable bonds is 3. The average Bonchev–Trinajstić information content (AvgIpc) is 2.87. The van der Waals surface area contributed by atoms with Crippen LogP contribution in [-0.4, -0.2) is 16.0 Å². The molecule has 0 radical (unpaired) electrons. The normalized spacial score (nSPS) is 15.5. The second kappa shape index (κ2) is 3.18. The van der Waals surface area contributed by atoms with Gasteiger partial charge in [0.2, 0.25) is 0 Å². The summed E-state index contributed by atoms with van der Waals surface area (Å²) in [4.78, 5) is 8.34. The topological polar surface area (TPSA) is 75.9 Å². The van der Waals surface area contributed by atoms with E-state index in [1.807, 2.05) is 13.0 Å². The van der Waals surface area contributed by atoms with Gasteiger partial charge in [-0.25, -0.2) is 15.8 Å². The Labute approximate surface area is 76.7 Å². The Morgan fingerprint density at radius 3 is 2.69 bits per heavy atom. The van der Waals surface area contributed by atoms with E-state index >= 15 is 0 Å². The molecule has 1 heterocycles. The van der Waals surface area contributed by atoms with Crippen molar-refractivity contribution in [3.05, 3.63) is 11.9 Å². The van der Waals surface area contributed by atoms with Gasteiger partial charge in [-0.2, -0.15) is 0 Å². The molecule has 0 spiro atoms. The Balaban J connectivity index is 2.17. The van der Waals surface area contributed by atoms with Gasteiger partial charge in [-0.3, -0.25) is 0 Å². The van der Waals surface area contributed by atoms with E-state index in [-0.39, 0.29) is 0 Å². The van der Waals surface area contributed by atoms with Crippen molar-refractivity contribution in [1.29, 1.82) is 0 Å². The second-order valence-corrected chi connectivity index (χ2v) is 3.25. The fraction of sp³-hybridized carbons (Fsp3) is 0.500. The molecule has 0 bridgehead atoms. The molecule has 0 atom stereocenters. The number of nitrogens with two attached hydrogens (primary N) is 1. The standard InChI is InChI=1S/C8H13N5/c1-5-10-7(12-6-2-3-6)4-8(11-5)13-9/h4,6H,2-3,9H2,1H3,(H2,10,11,12,13). The van der Waals surface area contributed by atoms with E-state index in [0.717, 1.165) is 11.6 Å². The third-order valence-electron chi connectivity index (χ3n) is 1.92. The molecule has 1 aliphatic carbocycles. The molecule has 0 unspecified atom stereocenters. The molecule has 70 valence electrons. The molecular weight excluding hydrogens is 166 g/mol. The Kier molecular flexibility index (Phi) is 2.02. The first-order valence-corrected chi connectivity index (χ1v) is 4.37. The van der Waals surface area contributed by atoms with Crippen LogP contribution in [0.25, 0.3) is 0 Å². The molecule has 5 heteroatoms. The predicted octanol–water partition coefficient (Wildman–Crippen LogP) is 0.645. The number of nitrogens with one attached hydrogen (secondary N) is 2. The van der Waals surface area contributed by atoms with Crippen LogP contribution in [0.3, 0.4) is 0 Å². The molecule has 0 amide bonds. The fourth-order valence-corrected chi connectivity index (χ4v) is 1.15. The summed E-state index contributed by atoms with van der Waals surface area (Å²) in [5, 5.41) is 3.28. The minimum atomic E-state index is 0.597. The van der Waals surface area contributed by atoms with E-state index in [2.05, 4.69) is 20.7 Å². The zero-order chi connectivity index (χ0) is 9.26. The highest BCUT2D eigenvalue weighted by molar-refractivity contribution is 5.47. The third kappa shape index (κ3) is 2.06. The minimum absolute atomic E-state index is 0.597. The highest BCUT2D eigenvalue weighted by atomic mass is 15.3. The first kappa shape index (κ1) is 8.25. The van der Waals surface area contributed by atoms with Gasteiger partial charge < -0.3 is 10.7 Å². The third-order valence-corrected chi connectivity index (χ3v) is 1.92. The number of hydrazine groups is 1. The quantitative estimate of drug-likeness (QED) is 0.469. The Bertz CT molecular complexity index is 307. The van der Waals surface area contributed by atoms with Crippen molar-refractivity contribution in [2.24, 2.45) is 5.84 Å². The monoisotopic (exact) mass is 179 g/mol. The maximum Gasteiger partial charge on any atom is 0.145 e. The van der Waals surface area contributed by atoms with Crippen LogP contribution in [-0.2, 0) is 0 Å². The van der Waals surface area contributed by atoms with Crippen molar-refractivity contribution in [1.82, 2.24) is 9.97 Å². The van der Waals surface area contributed by atoms with E-state index in [9.17, 15) is 0 Å². The lowest BCUT2D eigenvalue weighted by molar-refractivity contribution is 1.02. The molecule has 0 saturated heterocycles. The van der Waals surface area contributed by atoms with Gasteiger partial charge in [0, 0.05) is 12.1 Å². The first-order valence-electron chi connectivity index (χ1n) is 4.37. The molecule has 1 fully saturated rings. The maximum atomic E-state index is 5.27. The highest BCUT2D eigenvalue weighted by Crippen LogP contribution is 2.24. The second-order valence-electron chi connectivity index (χ2n) is 3.25. The molecule has 1 aromatic heterocycles. The molecule has 5 nitrogen and oxygen atoms in total. The van der Waals surface area contributed by atoms with Gasteiger partial charge in [0.1, 0.15) is 17.5 Å². The van der Waals surface area contributed by atoms with Crippen molar-refractivity contribution < 1.29 is 0 Å². The first-order chi connectivity index (χ1) is 6.28. The van der Waals surface area contributed by atoms with Gasteiger partial charge in [-0.05, 0) is 19.8 Å². The van der Waals surface area contributed by atoms with Gasteiger partial charge in [0.05, 0.1) is 0 Å². The summed E-state index contributed by atoms with van der Waals surface area (Å²) >= 11 is 0. The van der Waals surface area contributed by atoms with Crippen LogP contribution in [0.2, 0.25) is 0 Å². The number of nitrogen functional groups attached to an aromatic ring is 1. The van der Waals surface area contributed by atoms with Gasteiger partial charge >= 0.3 is 0 Å². The average molecular weight is 179 g/mol. The van der Waals surface area contributed by atoms with Crippen molar-refractivity contribution in [3.8, 4) is 0 Å². The van der Waals surface area contributed by atoms with Crippen LogP contribution >= 0.6 is 0 Å². The molecular formula is C8H13N5. The van der Waals surface area contributed by atoms with Gasteiger partial charge in [-0.15, -0.1) is 0 Å². The molecule has 13 heavy (non-hydrogen) atoms. The molecule has 1 saturated carbocycles. The zero-order valence-corrected chi connectivity index (χ0v) is 7.54. The molecule has 0 aromatic carbocycles. The summed E-state index contributed by atoms with van der Waals surface area (Å²) in [5.74, 6) is 7.49. The lowest BCUT2D eigenvalue weighted by atomic mass is 10.5. The summed E-state index contributed by atoms with van der Waals surface area (Å²) in [7, 11) is 0. The van der Waals surface area contributed by atoms with E-state index < -0.39 is 0 Å². The van der Waals surface area contributed by atoms with Crippen molar-refractivity contribution >= 4 is 11.6 Å². The zero-order valence-electron chi connectivity index (χ0n) is 7.54. The molecule has 4 N–H and O–H groups in total. The number of hydrogen-bond donors (Lipinski definition) is 3. The number of nitrogens with zero attached hydrogens (tertiary/aromatic N) is 2. The Morgan fingerprint density at radius 1 is 1.38 bits per heavy atom. The van der Waals surface area contributed by atoms with Crippen LogP contribution in [0.1, 0.15) is 18.7 Å². The van der Waals surface area contributed by atoms with Crippen molar-refractivity contribution in [2.45, 2.75) is 25.8 Å². The number of anilines is 2. The molecule has 1 aromatic rings. The molecule has 1 aliphatic rings. The maximum absolute atomic E-state index is 5.27. The van der Waals surface area contributed by atoms with Gasteiger partial charge in [0.25, 0.3) is 0 Å². The van der Waals surface area contributed by atoms with E-state index in [1.54, 1.807) is 0 Å². The van der Waals surface area contributed by atoms with Crippen LogP contribution in [0.5, 0.6) is 0 Å². The van der Waals surface area contributed by atoms with Gasteiger partial charge in [0.15, 0.2) is 0 Å². The van der Waals surface area contributed by atoms with E-state index in [4.69, 9.17) is 5.84 Å². The van der Waals surface area contributed by atoms with E-state index in [0.29, 0.717) is 11.9 Å². The molecule has 0 aliphatic heterocycles. The van der Waals surface area contributed by atoms with Crippen LogP contribution in [0.4, 0.5) is 11.6 Å². The lowest BCUT2D eigenvalue weighted by Crippen LogP contribution is -2.11. The van der Waals surface area contributed by atoms with Gasteiger partial charge in [-0.1, -0.05) is 0 Å². The number of aromatic nitrogens is 2. The Morgan fingerprint density at radius 2 is 2.08 bits per heavy atom. The van der Waals surface area contributed by atoms with E-state index in [1.165, 1.54) is 12.8 Å². The highest BCUT2D eigenvalue weighted by Gasteiger charge is 2.21. The summed E-state index contributed by atoms with van der Waals surface area (Å²) < 4.78 is 0. The summed E-state index contributed by atoms with van der Waals surface area (Å²) in [5.41, 5.74) is 2.51. The van der Waals surface area contributed by atoms with Crippen LogP contribution in [0, 0.1) is 6.92 Å². The summed E-state index contributed by atoms with van der Waals surface area (Å²) in [6, 6.07) is 2.41.